The molecular formula is C22H27ClFN2O2-. The number of nitrogens with zero attached hydrogens (tertiary/aromatic N) is 1. The van der Waals surface area contributed by atoms with Gasteiger partial charge in [-0.3, -0.25) is 0 Å². The van der Waals surface area contributed by atoms with Crippen LogP contribution in [0, 0.1) is 19.7 Å². The van der Waals surface area contributed by atoms with Crippen LogP contribution in [0.3, 0.4) is 0 Å². The van der Waals surface area contributed by atoms with Crippen LogP contribution in [-0.4, -0.2) is 16.6 Å². The van der Waals surface area contributed by atoms with Gasteiger partial charge in [-0.1, -0.05) is 43.4 Å². The summed E-state index contributed by atoms with van der Waals surface area (Å²) in [4.78, 5) is 11.9. The normalized spacial score (nSPS) is 15.6. The maximum absolute atomic E-state index is 13.3. The van der Waals surface area contributed by atoms with E-state index in [1.807, 2.05) is 11.5 Å². The Bertz CT molecular complexity index is 855. The van der Waals surface area contributed by atoms with Crippen molar-refractivity contribution >= 4 is 17.6 Å². The van der Waals surface area contributed by atoms with E-state index in [0.29, 0.717) is 29.8 Å². The third-order valence-corrected chi connectivity index (χ3v) is 6.23. The average molecular weight is 406 g/mol. The zero-order valence-corrected chi connectivity index (χ0v) is 17.2. The smallest absolute Gasteiger partial charge is 0.124 e. The summed E-state index contributed by atoms with van der Waals surface area (Å²) in [5, 5.41) is 15.7. The van der Waals surface area contributed by atoms with E-state index in [9.17, 15) is 14.3 Å². The van der Waals surface area contributed by atoms with Gasteiger partial charge in [0, 0.05) is 41.1 Å². The summed E-state index contributed by atoms with van der Waals surface area (Å²) < 4.78 is 15.3. The first kappa shape index (κ1) is 20.9. The van der Waals surface area contributed by atoms with E-state index in [-0.39, 0.29) is 5.56 Å². The molecule has 0 bridgehead atoms. The molecule has 0 atom stereocenters. The lowest BCUT2D eigenvalue weighted by molar-refractivity contribution is -0.255. The molecule has 1 heterocycles. The molecule has 1 N–H and O–H groups in total. The number of carbonyl (C=O) groups is 1. The van der Waals surface area contributed by atoms with Gasteiger partial charge in [0.05, 0.1) is 5.97 Å². The molecule has 0 saturated heterocycles. The van der Waals surface area contributed by atoms with Crippen LogP contribution >= 0.6 is 11.6 Å². The van der Waals surface area contributed by atoms with Gasteiger partial charge in [-0.15, -0.1) is 0 Å². The van der Waals surface area contributed by atoms with E-state index in [0.717, 1.165) is 29.7 Å². The van der Waals surface area contributed by atoms with E-state index in [1.54, 1.807) is 13.0 Å². The molecule has 1 aromatic carbocycles. The number of carboxylic acids is 1. The van der Waals surface area contributed by atoms with Crippen LogP contribution in [0.15, 0.2) is 18.2 Å². The van der Waals surface area contributed by atoms with Crippen LogP contribution in [0.2, 0.25) is 5.02 Å². The van der Waals surface area contributed by atoms with Crippen LogP contribution in [0.5, 0.6) is 0 Å². The minimum atomic E-state index is -1.16. The van der Waals surface area contributed by atoms with E-state index in [2.05, 4.69) is 5.32 Å². The van der Waals surface area contributed by atoms with Gasteiger partial charge in [0.15, 0.2) is 0 Å². The lowest BCUT2D eigenvalue weighted by Gasteiger charge is -2.17. The van der Waals surface area contributed by atoms with Crippen molar-refractivity contribution < 1.29 is 14.3 Å². The monoisotopic (exact) mass is 405 g/mol. The Morgan fingerprint density at radius 3 is 2.50 bits per heavy atom. The van der Waals surface area contributed by atoms with Crippen LogP contribution in [0.25, 0.3) is 0 Å². The first-order valence-electron chi connectivity index (χ1n) is 9.95. The van der Waals surface area contributed by atoms with Gasteiger partial charge >= 0.3 is 0 Å². The standard InChI is InChI=1S/C22H28ClFN2O2/c1-14-19(12-25-18-7-5-3-4-6-8-18)21(22(27)28)15(2)26(14)13-16-9-10-17(24)11-20(16)23/h9-11,18,25H,3-8,12-13H2,1-2H3,(H,27,28)/p-1. The Morgan fingerprint density at radius 1 is 1.21 bits per heavy atom. The van der Waals surface area contributed by atoms with E-state index in [4.69, 9.17) is 11.6 Å². The molecule has 2 aromatic rings. The highest BCUT2D eigenvalue weighted by molar-refractivity contribution is 6.31. The highest BCUT2D eigenvalue weighted by Crippen LogP contribution is 2.26. The van der Waals surface area contributed by atoms with Crippen molar-refractivity contribution in [1.29, 1.82) is 0 Å². The molecule has 4 nitrogen and oxygen atoms in total. The van der Waals surface area contributed by atoms with Gasteiger partial charge in [0.25, 0.3) is 0 Å². The van der Waals surface area contributed by atoms with Crippen molar-refractivity contribution in [3.63, 3.8) is 0 Å². The third kappa shape index (κ3) is 4.58. The molecule has 1 fully saturated rings. The van der Waals surface area contributed by atoms with Crippen LogP contribution < -0.4 is 10.4 Å². The Kier molecular flexibility index (Phi) is 6.78. The SMILES string of the molecule is Cc1c(CNC2CCCCCC2)c(C(=O)[O-])c(C)n1Cc1ccc(F)cc1Cl. The first-order valence-corrected chi connectivity index (χ1v) is 10.3. The summed E-state index contributed by atoms with van der Waals surface area (Å²) in [6.07, 6.45) is 7.24. The lowest BCUT2D eigenvalue weighted by atomic mass is 10.1. The number of hydrogen-bond donors (Lipinski definition) is 1. The molecule has 1 aliphatic carbocycles. The average Bonchev–Trinajstić information content (AvgIpc) is 2.82. The van der Waals surface area contributed by atoms with Gasteiger partial charge in [-0.05, 0) is 49.9 Å². The number of aromatic nitrogens is 1. The van der Waals surface area contributed by atoms with Crippen molar-refractivity contribution in [1.82, 2.24) is 9.88 Å². The molecule has 1 aliphatic rings. The maximum Gasteiger partial charge on any atom is 0.124 e. The molecule has 0 aliphatic heterocycles. The second-order valence-corrected chi connectivity index (χ2v) is 8.11. The molecule has 0 amide bonds. The molecule has 1 aromatic heterocycles. The summed E-state index contributed by atoms with van der Waals surface area (Å²) in [5.74, 6) is -1.55. The minimum absolute atomic E-state index is 0.247. The molecule has 3 rings (SSSR count). The summed E-state index contributed by atoms with van der Waals surface area (Å²) in [7, 11) is 0. The molecular weight excluding hydrogens is 379 g/mol. The van der Waals surface area contributed by atoms with Gasteiger partial charge in [-0.2, -0.15) is 0 Å². The summed E-state index contributed by atoms with van der Waals surface area (Å²) in [5.41, 5.74) is 3.27. The molecule has 6 heteroatoms. The number of halogens is 2. The van der Waals surface area contributed by atoms with Crippen molar-refractivity contribution in [2.24, 2.45) is 0 Å². The minimum Gasteiger partial charge on any atom is -0.545 e. The predicted molar refractivity (Wildman–Crippen MR) is 107 cm³/mol. The summed E-state index contributed by atoms with van der Waals surface area (Å²) in [6.45, 7) is 4.59. The number of aromatic carboxylic acids is 1. The van der Waals surface area contributed by atoms with E-state index in [1.165, 1.54) is 37.8 Å². The van der Waals surface area contributed by atoms with Crippen LogP contribution in [0.4, 0.5) is 4.39 Å². The highest BCUT2D eigenvalue weighted by Gasteiger charge is 2.20. The zero-order chi connectivity index (χ0) is 20.3. The molecule has 152 valence electrons. The van der Waals surface area contributed by atoms with E-state index < -0.39 is 11.8 Å². The summed E-state index contributed by atoms with van der Waals surface area (Å²) in [6, 6.07) is 4.70. The summed E-state index contributed by atoms with van der Waals surface area (Å²) >= 11 is 6.18. The Balaban J connectivity index is 1.87. The van der Waals surface area contributed by atoms with Crippen molar-refractivity contribution in [3.8, 4) is 0 Å². The van der Waals surface area contributed by atoms with Crippen molar-refractivity contribution in [2.75, 3.05) is 0 Å². The second kappa shape index (κ2) is 9.10. The lowest BCUT2D eigenvalue weighted by Crippen LogP contribution is -2.30. The Labute approximate surface area is 170 Å². The second-order valence-electron chi connectivity index (χ2n) is 7.70. The number of nitrogens with one attached hydrogen (secondary N) is 1. The fourth-order valence-electron chi connectivity index (χ4n) is 4.22. The highest BCUT2D eigenvalue weighted by atomic mass is 35.5. The van der Waals surface area contributed by atoms with Crippen LogP contribution in [0.1, 0.15) is 71.4 Å². The topological polar surface area (TPSA) is 57.1 Å². The third-order valence-electron chi connectivity index (χ3n) is 5.88. The molecule has 0 unspecified atom stereocenters. The number of carboxylic acid groups (broad SMARTS) is 1. The molecule has 28 heavy (non-hydrogen) atoms. The molecule has 0 radical (unpaired) electrons. The van der Waals surface area contributed by atoms with Gasteiger partial charge < -0.3 is 19.8 Å². The Morgan fingerprint density at radius 2 is 1.89 bits per heavy atom. The molecule has 0 spiro atoms. The number of benzene rings is 1. The van der Waals surface area contributed by atoms with Crippen LogP contribution in [-0.2, 0) is 13.1 Å². The zero-order valence-electron chi connectivity index (χ0n) is 16.5. The number of hydrogen-bond acceptors (Lipinski definition) is 3. The Hall–Kier alpha value is -1.85. The van der Waals surface area contributed by atoms with E-state index >= 15 is 0 Å². The fourth-order valence-corrected chi connectivity index (χ4v) is 4.45. The van der Waals surface area contributed by atoms with Crippen molar-refractivity contribution in [3.05, 3.63) is 57.1 Å². The molecule has 1 saturated carbocycles. The maximum atomic E-state index is 13.3. The number of carbonyl (C=O) groups excluding carboxylic acids is 1. The predicted octanol–water partition coefficient (Wildman–Crippen LogP) is 4.12. The van der Waals surface area contributed by atoms with Gasteiger partial charge in [-0.25, -0.2) is 4.39 Å². The van der Waals surface area contributed by atoms with Crippen molar-refractivity contribution in [2.45, 2.75) is 71.5 Å². The first-order chi connectivity index (χ1) is 13.4. The largest absolute Gasteiger partial charge is 0.545 e. The fraction of sp³-hybridized carbons (Fsp3) is 0.500. The quantitative estimate of drug-likeness (QED) is 0.735. The van der Waals surface area contributed by atoms with Gasteiger partial charge in [0.2, 0.25) is 0 Å². The van der Waals surface area contributed by atoms with Gasteiger partial charge in [0.1, 0.15) is 5.82 Å². The number of rotatable bonds is 6.